The van der Waals surface area contributed by atoms with Gasteiger partial charge in [-0.05, 0) is 44.2 Å². The van der Waals surface area contributed by atoms with Gasteiger partial charge in [-0.2, -0.15) is 5.10 Å². The fourth-order valence-corrected chi connectivity index (χ4v) is 3.05. The summed E-state index contributed by atoms with van der Waals surface area (Å²) in [5, 5.41) is 7.22. The molecule has 26 heavy (non-hydrogen) atoms. The monoisotopic (exact) mass is 351 g/mol. The lowest BCUT2D eigenvalue weighted by Gasteiger charge is -2.18. The third-order valence-electron chi connectivity index (χ3n) is 4.63. The number of anilines is 1. The molecule has 2 N–H and O–H groups in total. The first-order chi connectivity index (χ1) is 12.5. The zero-order valence-electron chi connectivity index (χ0n) is 15.5. The van der Waals surface area contributed by atoms with E-state index < -0.39 is 0 Å². The van der Waals surface area contributed by atoms with Gasteiger partial charge in [0.15, 0.2) is 0 Å². The molecule has 136 valence electrons. The highest BCUT2D eigenvalue weighted by Crippen LogP contribution is 2.13. The van der Waals surface area contributed by atoms with Crippen LogP contribution in [0.2, 0.25) is 0 Å². The van der Waals surface area contributed by atoms with Crippen LogP contribution in [0.5, 0.6) is 0 Å². The van der Waals surface area contributed by atoms with Crippen LogP contribution in [0.4, 0.5) is 5.95 Å². The topological polar surface area (TPSA) is 77.7 Å². The maximum atomic E-state index is 12.0. The molecule has 0 fully saturated rings. The van der Waals surface area contributed by atoms with Gasteiger partial charge in [-0.1, -0.05) is 30.3 Å². The minimum atomic E-state index is -0.114. The molecule has 2 aromatic heterocycles. The van der Waals surface area contributed by atoms with Gasteiger partial charge in [0.1, 0.15) is 0 Å². The van der Waals surface area contributed by atoms with Crippen molar-refractivity contribution in [1.29, 1.82) is 0 Å². The van der Waals surface area contributed by atoms with Gasteiger partial charge in [-0.15, -0.1) is 0 Å². The molecule has 6 nitrogen and oxygen atoms in total. The standard InChI is InChI=1S/C20H25N5O/c1-14-18(15(2)24-23-14)10-9-17-13-19(26)22-20(21-17)25(3)12-11-16-7-5-4-6-8-16/h4-8,13H,9-12H2,1-3H3,(H,23,24)(H,21,22,26). The second-order valence-corrected chi connectivity index (χ2v) is 6.63. The van der Waals surface area contributed by atoms with Crippen molar-refractivity contribution in [3.63, 3.8) is 0 Å². The second-order valence-electron chi connectivity index (χ2n) is 6.63. The Morgan fingerprint density at radius 2 is 1.85 bits per heavy atom. The third kappa shape index (κ3) is 4.39. The number of aromatic nitrogens is 4. The molecule has 0 aliphatic carbocycles. The first-order valence-electron chi connectivity index (χ1n) is 8.88. The lowest BCUT2D eigenvalue weighted by atomic mass is 10.1. The molecule has 0 saturated heterocycles. The van der Waals surface area contributed by atoms with E-state index in [1.165, 1.54) is 11.1 Å². The van der Waals surface area contributed by atoms with Gasteiger partial charge >= 0.3 is 0 Å². The third-order valence-corrected chi connectivity index (χ3v) is 4.63. The van der Waals surface area contributed by atoms with Crippen LogP contribution in [0.3, 0.4) is 0 Å². The summed E-state index contributed by atoms with van der Waals surface area (Å²) in [5.74, 6) is 0.615. The van der Waals surface area contributed by atoms with E-state index in [-0.39, 0.29) is 5.56 Å². The molecule has 2 heterocycles. The Kier molecular flexibility index (Phi) is 5.51. The van der Waals surface area contributed by atoms with Crippen molar-refractivity contribution in [2.24, 2.45) is 0 Å². The fraction of sp³-hybridized carbons (Fsp3) is 0.350. The zero-order valence-corrected chi connectivity index (χ0v) is 15.5. The first-order valence-corrected chi connectivity index (χ1v) is 8.88. The molecule has 0 radical (unpaired) electrons. The summed E-state index contributed by atoms with van der Waals surface area (Å²) in [6.07, 6.45) is 2.43. The number of hydrogen-bond donors (Lipinski definition) is 2. The van der Waals surface area contributed by atoms with Crippen LogP contribution in [-0.4, -0.2) is 33.8 Å². The average Bonchev–Trinajstić information content (AvgIpc) is 2.96. The minimum Gasteiger partial charge on any atom is -0.345 e. The molecule has 3 aromatic rings. The lowest BCUT2D eigenvalue weighted by molar-refractivity contribution is 0.809. The van der Waals surface area contributed by atoms with Gasteiger partial charge in [-0.3, -0.25) is 14.9 Å². The van der Waals surface area contributed by atoms with Crippen molar-refractivity contribution in [3.05, 3.63) is 75.0 Å². The van der Waals surface area contributed by atoms with Gasteiger partial charge in [0, 0.05) is 25.4 Å². The summed E-state index contributed by atoms with van der Waals surface area (Å²) in [6, 6.07) is 11.9. The molecule has 0 amide bonds. The van der Waals surface area contributed by atoms with Crippen LogP contribution in [0.15, 0.2) is 41.2 Å². The summed E-state index contributed by atoms with van der Waals surface area (Å²) in [5.41, 5.74) is 5.24. The highest BCUT2D eigenvalue weighted by atomic mass is 16.1. The number of aryl methyl sites for hydroxylation is 3. The van der Waals surface area contributed by atoms with Crippen LogP contribution >= 0.6 is 0 Å². The molecule has 0 spiro atoms. The Bertz CT molecular complexity index is 894. The SMILES string of the molecule is Cc1n[nH]c(C)c1CCc1cc(=O)[nH]c(N(C)CCc2ccccc2)n1. The Morgan fingerprint density at radius 3 is 2.54 bits per heavy atom. The summed E-state index contributed by atoms with van der Waals surface area (Å²) >= 11 is 0. The Labute approximate surface area is 153 Å². The summed E-state index contributed by atoms with van der Waals surface area (Å²) in [6.45, 7) is 4.80. The fourth-order valence-electron chi connectivity index (χ4n) is 3.05. The maximum Gasteiger partial charge on any atom is 0.252 e. The van der Waals surface area contributed by atoms with Gasteiger partial charge in [-0.25, -0.2) is 4.98 Å². The Morgan fingerprint density at radius 1 is 1.08 bits per heavy atom. The zero-order chi connectivity index (χ0) is 18.5. The van der Waals surface area contributed by atoms with E-state index in [0.717, 1.165) is 36.5 Å². The number of H-pyrrole nitrogens is 2. The summed E-state index contributed by atoms with van der Waals surface area (Å²) in [7, 11) is 1.95. The predicted octanol–water partition coefficient (Wildman–Crippen LogP) is 2.57. The van der Waals surface area contributed by atoms with Crippen LogP contribution < -0.4 is 10.5 Å². The molecule has 0 aliphatic heterocycles. The lowest BCUT2D eigenvalue weighted by Crippen LogP contribution is -2.26. The number of hydrogen-bond acceptors (Lipinski definition) is 4. The van der Waals surface area contributed by atoms with E-state index in [4.69, 9.17) is 0 Å². The van der Waals surface area contributed by atoms with E-state index >= 15 is 0 Å². The van der Waals surface area contributed by atoms with E-state index in [1.807, 2.05) is 44.0 Å². The number of benzene rings is 1. The highest BCUT2D eigenvalue weighted by molar-refractivity contribution is 5.31. The highest BCUT2D eigenvalue weighted by Gasteiger charge is 2.10. The largest absolute Gasteiger partial charge is 0.345 e. The maximum absolute atomic E-state index is 12.0. The Hall–Kier alpha value is -2.89. The number of nitrogens with zero attached hydrogens (tertiary/aromatic N) is 3. The number of rotatable bonds is 7. The van der Waals surface area contributed by atoms with E-state index in [1.54, 1.807) is 6.07 Å². The van der Waals surface area contributed by atoms with Crippen LogP contribution in [0.25, 0.3) is 0 Å². The van der Waals surface area contributed by atoms with Crippen molar-refractivity contribution >= 4 is 5.95 Å². The molecular formula is C20H25N5O. The van der Waals surface area contributed by atoms with E-state index in [0.29, 0.717) is 12.4 Å². The average molecular weight is 351 g/mol. The summed E-state index contributed by atoms with van der Waals surface area (Å²) < 4.78 is 0. The van der Waals surface area contributed by atoms with Crippen molar-refractivity contribution in [3.8, 4) is 0 Å². The van der Waals surface area contributed by atoms with Gasteiger partial charge in [0.2, 0.25) is 5.95 Å². The van der Waals surface area contributed by atoms with Crippen molar-refractivity contribution in [2.45, 2.75) is 33.1 Å². The van der Waals surface area contributed by atoms with Gasteiger partial charge in [0.05, 0.1) is 11.4 Å². The number of likely N-dealkylation sites (N-methyl/N-ethyl adjacent to an activating group) is 1. The van der Waals surface area contributed by atoms with E-state index in [9.17, 15) is 4.79 Å². The molecule has 0 aliphatic rings. The quantitative estimate of drug-likeness (QED) is 0.686. The molecule has 1 aromatic carbocycles. The van der Waals surface area contributed by atoms with Crippen molar-refractivity contribution < 1.29 is 0 Å². The van der Waals surface area contributed by atoms with E-state index in [2.05, 4.69) is 32.3 Å². The van der Waals surface area contributed by atoms with Crippen LogP contribution in [0, 0.1) is 13.8 Å². The van der Waals surface area contributed by atoms with Crippen LogP contribution in [0.1, 0.15) is 28.2 Å². The molecular weight excluding hydrogens is 326 g/mol. The molecule has 6 heteroatoms. The first kappa shape index (κ1) is 17.9. The molecule has 0 saturated carbocycles. The normalized spacial score (nSPS) is 10.9. The minimum absolute atomic E-state index is 0.114. The van der Waals surface area contributed by atoms with Crippen molar-refractivity contribution in [2.75, 3.05) is 18.5 Å². The summed E-state index contributed by atoms with van der Waals surface area (Å²) in [4.78, 5) is 21.5. The number of nitrogens with one attached hydrogen (secondary N) is 2. The molecule has 3 rings (SSSR count). The molecule has 0 bridgehead atoms. The molecule has 0 unspecified atom stereocenters. The molecule has 0 atom stereocenters. The van der Waals surface area contributed by atoms with Crippen molar-refractivity contribution in [1.82, 2.24) is 20.2 Å². The Balaban J connectivity index is 1.67. The van der Waals surface area contributed by atoms with Gasteiger partial charge < -0.3 is 4.90 Å². The predicted molar refractivity (Wildman–Crippen MR) is 104 cm³/mol. The second kappa shape index (κ2) is 7.99. The smallest absolute Gasteiger partial charge is 0.252 e. The van der Waals surface area contributed by atoms with Crippen LogP contribution in [-0.2, 0) is 19.3 Å². The number of aromatic amines is 2. The van der Waals surface area contributed by atoms with Gasteiger partial charge in [0.25, 0.3) is 5.56 Å².